The van der Waals surface area contributed by atoms with Gasteiger partial charge in [-0.2, -0.15) is 0 Å². The van der Waals surface area contributed by atoms with Gasteiger partial charge in [0.1, 0.15) is 5.82 Å². The molecule has 1 heterocycles. The van der Waals surface area contributed by atoms with Gasteiger partial charge in [0.2, 0.25) is 0 Å². The zero-order valence-corrected chi connectivity index (χ0v) is 11.9. The predicted octanol–water partition coefficient (Wildman–Crippen LogP) is 4.30. The van der Waals surface area contributed by atoms with E-state index in [-0.39, 0.29) is 11.4 Å². The molecular weight excluding hydrogens is 289 g/mol. The van der Waals surface area contributed by atoms with Crippen LogP contribution in [0.25, 0.3) is 10.9 Å². The van der Waals surface area contributed by atoms with E-state index in [1.54, 1.807) is 18.3 Å². The van der Waals surface area contributed by atoms with Crippen molar-refractivity contribution in [3.63, 3.8) is 0 Å². The number of hydrogen-bond acceptors (Lipinski definition) is 2. The molecule has 0 aliphatic carbocycles. The highest BCUT2D eigenvalue weighted by atomic mass is 35.5. The molecule has 2 nitrogen and oxygen atoms in total. The molecule has 0 spiro atoms. The van der Waals surface area contributed by atoms with Crippen molar-refractivity contribution in [2.24, 2.45) is 0 Å². The van der Waals surface area contributed by atoms with Crippen molar-refractivity contribution >= 4 is 22.5 Å². The Labute approximate surface area is 126 Å². The maximum absolute atomic E-state index is 13.9. The van der Waals surface area contributed by atoms with Gasteiger partial charge in [-0.1, -0.05) is 41.9 Å². The van der Waals surface area contributed by atoms with Crippen molar-refractivity contribution in [2.75, 3.05) is 0 Å². The molecule has 21 heavy (non-hydrogen) atoms. The van der Waals surface area contributed by atoms with Crippen LogP contribution in [-0.2, 0) is 6.42 Å². The molecule has 2 aromatic carbocycles. The number of aliphatic hydroxyl groups excluding tert-OH is 1. The summed E-state index contributed by atoms with van der Waals surface area (Å²) in [5, 5.41) is 11.4. The molecular formula is C17H13ClFNO. The van der Waals surface area contributed by atoms with Crippen molar-refractivity contribution < 1.29 is 9.50 Å². The topological polar surface area (TPSA) is 33.1 Å². The van der Waals surface area contributed by atoms with Crippen LogP contribution in [0.15, 0.2) is 54.7 Å². The number of benzene rings is 2. The van der Waals surface area contributed by atoms with Crippen LogP contribution < -0.4 is 0 Å². The number of fused-ring (bicyclic) bond motifs is 1. The number of aromatic nitrogens is 1. The Balaban J connectivity index is 1.97. The lowest BCUT2D eigenvalue weighted by atomic mass is 9.97. The lowest BCUT2D eigenvalue weighted by molar-refractivity contribution is 0.178. The highest BCUT2D eigenvalue weighted by Crippen LogP contribution is 2.27. The Morgan fingerprint density at radius 1 is 1.10 bits per heavy atom. The van der Waals surface area contributed by atoms with Gasteiger partial charge < -0.3 is 5.11 Å². The van der Waals surface area contributed by atoms with Crippen LogP contribution in [0.5, 0.6) is 0 Å². The van der Waals surface area contributed by atoms with Gasteiger partial charge in [-0.3, -0.25) is 4.98 Å². The lowest BCUT2D eigenvalue weighted by Gasteiger charge is -2.14. The Kier molecular flexibility index (Phi) is 3.86. The SMILES string of the molecule is OC(Cc1cccc(Cl)c1F)c1cccc2ncccc12. The minimum absolute atomic E-state index is 0.0688. The molecule has 106 valence electrons. The summed E-state index contributed by atoms with van der Waals surface area (Å²) in [6.07, 6.45) is 1.06. The molecule has 0 fully saturated rings. The predicted molar refractivity (Wildman–Crippen MR) is 81.8 cm³/mol. The molecule has 4 heteroatoms. The second kappa shape index (κ2) is 5.80. The van der Waals surface area contributed by atoms with E-state index in [1.165, 1.54) is 6.07 Å². The number of pyridine rings is 1. The van der Waals surface area contributed by atoms with E-state index in [1.807, 2.05) is 30.3 Å². The van der Waals surface area contributed by atoms with Crippen LogP contribution in [-0.4, -0.2) is 10.1 Å². The standard InChI is InChI=1S/C17H13ClFNO/c18-14-7-1-4-11(17(14)19)10-16(21)13-5-2-8-15-12(13)6-3-9-20-15/h1-9,16,21H,10H2. The largest absolute Gasteiger partial charge is 0.388 e. The summed E-state index contributed by atoms with van der Waals surface area (Å²) in [4.78, 5) is 4.26. The van der Waals surface area contributed by atoms with Crippen molar-refractivity contribution in [3.05, 3.63) is 76.7 Å². The molecule has 1 atom stereocenters. The molecule has 1 unspecified atom stereocenters. The lowest BCUT2D eigenvalue weighted by Crippen LogP contribution is -2.04. The van der Waals surface area contributed by atoms with Gasteiger partial charge in [-0.05, 0) is 29.3 Å². The van der Waals surface area contributed by atoms with Gasteiger partial charge in [0.05, 0.1) is 16.6 Å². The Morgan fingerprint density at radius 3 is 2.76 bits per heavy atom. The summed E-state index contributed by atoms with van der Waals surface area (Å²) in [5.74, 6) is -0.475. The zero-order valence-electron chi connectivity index (χ0n) is 11.1. The van der Waals surface area contributed by atoms with Crippen LogP contribution in [0.4, 0.5) is 4.39 Å². The average Bonchev–Trinajstić information content (AvgIpc) is 2.51. The first-order valence-electron chi connectivity index (χ1n) is 6.61. The molecule has 1 N–H and O–H groups in total. The van der Waals surface area contributed by atoms with Crippen LogP contribution in [0.1, 0.15) is 17.2 Å². The van der Waals surface area contributed by atoms with Gasteiger partial charge in [0.15, 0.2) is 0 Å². The van der Waals surface area contributed by atoms with Crippen LogP contribution in [0.2, 0.25) is 5.02 Å². The summed E-state index contributed by atoms with van der Waals surface area (Å²) in [5.41, 5.74) is 1.94. The third kappa shape index (κ3) is 2.75. The fourth-order valence-electron chi connectivity index (χ4n) is 2.44. The normalized spacial score (nSPS) is 12.5. The van der Waals surface area contributed by atoms with E-state index in [4.69, 9.17) is 11.6 Å². The highest BCUT2D eigenvalue weighted by Gasteiger charge is 2.15. The molecule has 0 saturated heterocycles. The van der Waals surface area contributed by atoms with Gasteiger partial charge in [-0.25, -0.2) is 4.39 Å². The van der Waals surface area contributed by atoms with Gasteiger partial charge >= 0.3 is 0 Å². The molecule has 0 radical (unpaired) electrons. The third-order valence-corrected chi connectivity index (χ3v) is 3.78. The van der Waals surface area contributed by atoms with E-state index in [0.29, 0.717) is 5.56 Å². The van der Waals surface area contributed by atoms with Crippen LogP contribution in [0.3, 0.4) is 0 Å². The summed E-state index contributed by atoms with van der Waals surface area (Å²) < 4.78 is 13.9. The molecule has 0 aliphatic rings. The van der Waals surface area contributed by atoms with Crippen molar-refractivity contribution in [1.29, 1.82) is 0 Å². The highest BCUT2D eigenvalue weighted by molar-refractivity contribution is 6.30. The number of hydrogen-bond donors (Lipinski definition) is 1. The quantitative estimate of drug-likeness (QED) is 0.782. The minimum Gasteiger partial charge on any atom is -0.388 e. The molecule has 3 rings (SSSR count). The number of aliphatic hydroxyl groups is 1. The van der Waals surface area contributed by atoms with Crippen molar-refractivity contribution in [1.82, 2.24) is 4.98 Å². The second-order valence-corrected chi connectivity index (χ2v) is 5.26. The average molecular weight is 302 g/mol. The monoisotopic (exact) mass is 301 g/mol. The molecule has 0 bridgehead atoms. The smallest absolute Gasteiger partial charge is 0.145 e. The van der Waals surface area contributed by atoms with Crippen molar-refractivity contribution in [3.8, 4) is 0 Å². The Bertz CT molecular complexity index is 785. The van der Waals surface area contributed by atoms with E-state index >= 15 is 0 Å². The fraction of sp³-hybridized carbons (Fsp3) is 0.118. The fourth-order valence-corrected chi connectivity index (χ4v) is 2.64. The first-order chi connectivity index (χ1) is 10.2. The zero-order chi connectivity index (χ0) is 14.8. The first-order valence-corrected chi connectivity index (χ1v) is 6.99. The number of nitrogens with zero attached hydrogens (tertiary/aromatic N) is 1. The van der Waals surface area contributed by atoms with Gasteiger partial charge in [0, 0.05) is 18.0 Å². The van der Waals surface area contributed by atoms with E-state index in [0.717, 1.165) is 16.5 Å². The molecule has 1 aromatic heterocycles. The summed E-state index contributed by atoms with van der Waals surface area (Å²) in [6, 6.07) is 14.1. The second-order valence-electron chi connectivity index (χ2n) is 4.85. The molecule has 3 aromatic rings. The third-order valence-electron chi connectivity index (χ3n) is 3.48. The Morgan fingerprint density at radius 2 is 1.90 bits per heavy atom. The van der Waals surface area contributed by atoms with E-state index in [9.17, 15) is 9.50 Å². The molecule has 0 saturated carbocycles. The summed E-state index contributed by atoms with van der Waals surface area (Å²) in [7, 11) is 0. The van der Waals surface area contributed by atoms with Gasteiger partial charge in [-0.15, -0.1) is 0 Å². The van der Waals surface area contributed by atoms with Crippen LogP contribution in [0, 0.1) is 5.82 Å². The van der Waals surface area contributed by atoms with Crippen molar-refractivity contribution in [2.45, 2.75) is 12.5 Å². The first kappa shape index (κ1) is 14.0. The van der Waals surface area contributed by atoms with Crippen LogP contribution >= 0.6 is 11.6 Å². The Hall–Kier alpha value is -1.97. The number of halogens is 2. The molecule has 0 aliphatic heterocycles. The summed E-state index contributed by atoms with van der Waals surface area (Å²) >= 11 is 5.77. The molecule has 0 amide bonds. The van der Waals surface area contributed by atoms with E-state index in [2.05, 4.69) is 4.98 Å². The maximum atomic E-state index is 13.9. The minimum atomic E-state index is -0.814. The van der Waals surface area contributed by atoms with Gasteiger partial charge in [0.25, 0.3) is 0 Å². The maximum Gasteiger partial charge on any atom is 0.145 e. The summed E-state index contributed by atoms with van der Waals surface area (Å²) in [6.45, 7) is 0. The number of rotatable bonds is 3. The van der Waals surface area contributed by atoms with E-state index < -0.39 is 11.9 Å².